The number of anilines is 2. The van der Waals surface area contributed by atoms with Crippen LogP contribution >= 0.6 is 11.3 Å². The zero-order valence-corrected chi connectivity index (χ0v) is 24.5. The molecule has 4 heterocycles. The fourth-order valence-electron chi connectivity index (χ4n) is 5.66. The van der Waals surface area contributed by atoms with Gasteiger partial charge in [0.1, 0.15) is 11.6 Å². The highest BCUT2D eigenvalue weighted by molar-refractivity contribution is 7.16. The molecule has 0 amide bonds. The molecular formula is C29H37F4N7S. The van der Waals surface area contributed by atoms with Gasteiger partial charge >= 0.3 is 6.18 Å². The molecule has 5 rings (SSSR count). The summed E-state index contributed by atoms with van der Waals surface area (Å²) in [7, 11) is 0. The van der Waals surface area contributed by atoms with Crippen molar-refractivity contribution in [1.82, 2.24) is 24.8 Å². The van der Waals surface area contributed by atoms with Gasteiger partial charge in [-0.1, -0.05) is 6.92 Å². The average molecular weight is 592 g/mol. The summed E-state index contributed by atoms with van der Waals surface area (Å²) in [5, 5.41) is 3.81. The molecule has 12 heteroatoms. The Balaban J connectivity index is 1.33. The second-order valence-electron chi connectivity index (χ2n) is 11.0. The van der Waals surface area contributed by atoms with E-state index in [1.54, 1.807) is 12.4 Å². The largest absolute Gasteiger partial charge is 0.416 e. The van der Waals surface area contributed by atoms with Gasteiger partial charge in [0.05, 0.1) is 35.9 Å². The number of aromatic nitrogens is 3. The van der Waals surface area contributed by atoms with E-state index >= 15 is 0 Å². The summed E-state index contributed by atoms with van der Waals surface area (Å²) in [6.07, 6.45) is 2.14. The minimum Gasteiger partial charge on any atom is -0.356 e. The minimum absolute atomic E-state index is 0.124. The van der Waals surface area contributed by atoms with E-state index in [4.69, 9.17) is 0 Å². The predicted molar refractivity (Wildman–Crippen MR) is 155 cm³/mol. The lowest BCUT2D eigenvalue weighted by molar-refractivity contribution is -0.137. The maximum atomic E-state index is 14.3. The highest BCUT2D eigenvalue weighted by Crippen LogP contribution is 2.38. The summed E-state index contributed by atoms with van der Waals surface area (Å²) < 4.78 is 54.8. The van der Waals surface area contributed by atoms with Crippen LogP contribution in [0.1, 0.15) is 56.2 Å². The molecule has 222 valence electrons. The highest BCUT2D eigenvalue weighted by atomic mass is 32.1. The van der Waals surface area contributed by atoms with E-state index < -0.39 is 17.6 Å². The van der Waals surface area contributed by atoms with Crippen LogP contribution in [0.3, 0.4) is 0 Å². The van der Waals surface area contributed by atoms with Gasteiger partial charge < -0.3 is 10.2 Å². The number of nitrogens with one attached hydrogen (secondary N) is 1. The van der Waals surface area contributed by atoms with Crippen molar-refractivity contribution in [2.75, 3.05) is 42.9 Å². The minimum atomic E-state index is -4.65. The number of halogens is 4. The van der Waals surface area contributed by atoms with E-state index in [9.17, 15) is 17.6 Å². The number of likely N-dealkylation sites (tertiary alicyclic amines) is 1. The fraction of sp³-hybridized carbons (Fsp3) is 0.552. The fourth-order valence-corrected chi connectivity index (χ4v) is 6.65. The Kier molecular flexibility index (Phi) is 9.10. The Morgan fingerprint density at radius 3 is 2.37 bits per heavy atom. The second kappa shape index (κ2) is 12.6. The van der Waals surface area contributed by atoms with Crippen molar-refractivity contribution >= 4 is 22.3 Å². The van der Waals surface area contributed by atoms with Crippen molar-refractivity contribution in [2.45, 2.75) is 71.4 Å². The molecule has 2 aromatic heterocycles. The zero-order chi connectivity index (χ0) is 29.1. The number of rotatable bonds is 9. The van der Waals surface area contributed by atoms with Crippen LogP contribution < -0.4 is 10.2 Å². The van der Waals surface area contributed by atoms with Crippen LogP contribution in [0.15, 0.2) is 30.6 Å². The summed E-state index contributed by atoms with van der Waals surface area (Å²) in [5.41, 5.74) is 0.200. The smallest absolute Gasteiger partial charge is 0.356 e. The molecule has 0 aliphatic carbocycles. The molecule has 7 nitrogen and oxygen atoms in total. The van der Waals surface area contributed by atoms with E-state index in [2.05, 4.69) is 55.7 Å². The highest BCUT2D eigenvalue weighted by Gasteiger charge is 2.33. The standard InChI is InChI=1S/C29H37F4N7S/c1-4-7-38-8-10-39(11-9-38)26-17-34-24(15-35-26)16-36-28-37-27(21-12-22(29(31,32)33)14-23(30)13-21)25(41-28)18-40-19(2)5-6-20(40)3/h12-15,17,19-20H,4-11,16,18H2,1-3H3,(H,36,37)/t19-,20-/m1/s1. The normalized spacial score (nSPS) is 20.6. The molecule has 2 saturated heterocycles. The maximum absolute atomic E-state index is 14.3. The summed E-state index contributed by atoms with van der Waals surface area (Å²) in [4.78, 5) is 21.7. The number of thiazole rings is 1. The Hall–Kier alpha value is -2.83. The van der Waals surface area contributed by atoms with E-state index in [1.807, 2.05) is 0 Å². The summed E-state index contributed by atoms with van der Waals surface area (Å²) in [5.74, 6) is -0.0857. The van der Waals surface area contributed by atoms with Gasteiger partial charge in [-0.2, -0.15) is 13.2 Å². The first-order valence-corrected chi connectivity index (χ1v) is 15.1. The molecular weight excluding hydrogens is 554 g/mol. The lowest BCUT2D eigenvalue weighted by Gasteiger charge is -2.35. The van der Waals surface area contributed by atoms with Crippen LogP contribution in [0.2, 0.25) is 0 Å². The Bertz CT molecular complexity index is 1300. The third kappa shape index (κ3) is 7.15. The number of hydrogen-bond donors (Lipinski definition) is 1. The van der Waals surface area contributed by atoms with Crippen LogP contribution in [0.5, 0.6) is 0 Å². The lowest BCUT2D eigenvalue weighted by atomic mass is 10.1. The van der Waals surface area contributed by atoms with Gasteiger partial charge in [-0.3, -0.25) is 14.8 Å². The van der Waals surface area contributed by atoms with Gasteiger partial charge in [-0.15, -0.1) is 11.3 Å². The molecule has 2 fully saturated rings. The monoisotopic (exact) mass is 591 g/mol. The molecule has 0 unspecified atom stereocenters. The molecule has 0 spiro atoms. The van der Waals surface area contributed by atoms with Gasteiger partial charge in [-0.05, 0) is 57.9 Å². The SMILES string of the molecule is CCCN1CCN(c2cnc(CNc3nc(-c4cc(F)cc(C(F)(F)F)c4)c(CN4[C@H](C)CC[C@H]4C)s3)cn2)CC1. The molecule has 0 radical (unpaired) electrons. The van der Waals surface area contributed by atoms with Crippen molar-refractivity contribution in [1.29, 1.82) is 0 Å². The molecule has 3 aromatic rings. The van der Waals surface area contributed by atoms with E-state index in [0.29, 0.717) is 42.1 Å². The van der Waals surface area contributed by atoms with Crippen LogP contribution in [0.4, 0.5) is 28.5 Å². The Labute approximate surface area is 242 Å². The number of alkyl halides is 3. The van der Waals surface area contributed by atoms with Crippen molar-refractivity contribution in [3.05, 3.63) is 52.5 Å². The third-order valence-corrected chi connectivity index (χ3v) is 9.00. The first kappa shape index (κ1) is 29.7. The Morgan fingerprint density at radius 2 is 1.73 bits per heavy atom. The quantitative estimate of drug-likeness (QED) is 0.294. The number of hydrogen-bond acceptors (Lipinski definition) is 8. The van der Waals surface area contributed by atoms with E-state index in [0.717, 1.165) is 80.5 Å². The third-order valence-electron chi connectivity index (χ3n) is 8.01. The molecule has 1 aromatic carbocycles. The van der Waals surface area contributed by atoms with Crippen LogP contribution in [0, 0.1) is 5.82 Å². The molecule has 2 aliphatic rings. The van der Waals surface area contributed by atoms with E-state index in [-0.39, 0.29) is 5.56 Å². The van der Waals surface area contributed by atoms with Crippen LogP contribution in [-0.2, 0) is 19.3 Å². The first-order chi connectivity index (χ1) is 19.6. The van der Waals surface area contributed by atoms with Gasteiger partial charge in [0, 0.05) is 55.2 Å². The molecule has 1 N–H and O–H groups in total. The Morgan fingerprint density at radius 1 is 1.00 bits per heavy atom. The average Bonchev–Trinajstić information content (AvgIpc) is 3.50. The van der Waals surface area contributed by atoms with Gasteiger partial charge in [0.2, 0.25) is 0 Å². The zero-order valence-electron chi connectivity index (χ0n) is 23.7. The van der Waals surface area contributed by atoms with Crippen molar-refractivity contribution < 1.29 is 17.6 Å². The van der Waals surface area contributed by atoms with Crippen LogP contribution in [0.25, 0.3) is 11.3 Å². The van der Waals surface area contributed by atoms with Crippen molar-refractivity contribution in [3.8, 4) is 11.3 Å². The van der Waals surface area contributed by atoms with E-state index in [1.165, 1.54) is 11.3 Å². The summed E-state index contributed by atoms with van der Waals surface area (Å²) in [6, 6.07) is 3.32. The van der Waals surface area contributed by atoms with Crippen molar-refractivity contribution in [3.63, 3.8) is 0 Å². The number of piperazine rings is 1. The predicted octanol–water partition coefficient (Wildman–Crippen LogP) is 6.27. The first-order valence-electron chi connectivity index (χ1n) is 14.3. The van der Waals surface area contributed by atoms with Crippen LogP contribution in [-0.4, -0.2) is 69.6 Å². The van der Waals surface area contributed by atoms with Gasteiger partial charge in [-0.25, -0.2) is 14.4 Å². The second-order valence-corrected chi connectivity index (χ2v) is 12.1. The van der Waals surface area contributed by atoms with Crippen molar-refractivity contribution in [2.24, 2.45) is 0 Å². The molecule has 0 bridgehead atoms. The molecule has 2 atom stereocenters. The van der Waals surface area contributed by atoms with Gasteiger partial charge in [0.15, 0.2) is 5.13 Å². The lowest BCUT2D eigenvalue weighted by Crippen LogP contribution is -2.46. The topological polar surface area (TPSA) is 60.4 Å². The summed E-state index contributed by atoms with van der Waals surface area (Å²) >= 11 is 1.39. The number of nitrogens with zero attached hydrogens (tertiary/aromatic N) is 6. The maximum Gasteiger partial charge on any atom is 0.416 e. The molecule has 2 aliphatic heterocycles. The summed E-state index contributed by atoms with van der Waals surface area (Å²) in [6.45, 7) is 12.4. The number of benzene rings is 1. The van der Waals surface area contributed by atoms with Gasteiger partial charge in [0.25, 0.3) is 0 Å². The molecule has 41 heavy (non-hydrogen) atoms. The molecule has 0 saturated carbocycles.